The Bertz CT molecular complexity index is 638. The Hall–Kier alpha value is -2.49. The number of anilines is 2. The highest BCUT2D eigenvalue weighted by atomic mass is 16.1. The molecule has 0 fully saturated rings. The first-order chi connectivity index (χ1) is 12.1. The van der Waals surface area contributed by atoms with Gasteiger partial charge in [0.05, 0.1) is 0 Å². The molecule has 0 aromatic heterocycles. The molecule has 0 saturated heterocycles. The van der Waals surface area contributed by atoms with E-state index in [-0.39, 0.29) is 5.91 Å². The zero-order valence-corrected chi connectivity index (χ0v) is 15.5. The van der Waals surface area contributed by atoms with Crippen LogP contribution in [0.25, 0.3) is 0 Å². The van der Waals surface area contributed by atoms with Crippen molar-refractivity contribution in [1.82, 2.24) is 5.32 Å². The molecule has 0 atom stereocenters. The van der Waals surface area contributed by atoms with Crippen LogP contribution in [0.15, 0.2) is 54.6 Å². The quantitative estimate of drug-likeness (QED) is 0.675. The van der Waals surface area contributed by atoms with E-state index in [1.54, 1.807) is 0 Å². The van der Waals surface area contributed by atoms with Crippen LogP contribution in [0, 0.1) is 0 Å². The summed E-state index contributed by atoms with van der Waals surface area (Å²) in [6.07, 6.45) is 0.885. The third kappa shape index (κ3) is 5.82. The van der Waals surface area contributed by atoms with Crippen molar-refractivity contribution in [1.29, 1.82) is 0 Å². The van der Waals surface area contributed by atoms with E-state index in [0.29, 0.717) is 18.2 Å². The van der Waals surface area contributed by atoms with Crippen molar-refractivity contribution < 1.29 is 4.79 Å². The fraction of sp³-hybridized carbons (Fsp3) is 0.381. The predicted molar refractivity (Wildman–Crippen MR) is 106 cm³/mol. The van der Waals surface area contributed by atoms with Crippen molar-refractivity contribution in [2.45, 2.75) is 33.2 Å². The molecule has 1 amide bonds. The van der Waals surface area contributed by atoms with Gasteiger partial charge >= 0.3 is 0 Å². The molecule has 2 aromatic carbocycles. The number of rotatable bonds is 9. The lowest BCUT2D eigenvalue weighted by atomic mass is 10.1. The monoisotopic (exact) mass is 339 g/mol. The summed E-state index contributed by atoms with van der Waals surface area (Å²) in [7, 11) is 0. The van der Waals surface area contributed by atoms with E-state index in [2.05, 4.69) is 36.3 Å². The van der Waals surface area contributed by atoms with E-state index >= 15 is 0 Å². The van der Waals surface area contributed by atoms with Crippen LogP contribution in [0.3, 0.4) is 0 Å². The van der Waals surface area contributed by atoms with Crippen LogP contribution in [0.1, 0.15) is 37.6 Å². The molecule has 2 N–H and O–H groups in total. The van der Waals surface area contributed by atoms with Gasteiger partial charge in [-0.05, 0) is 63.6 Å². The van der Waals surface area contributed by atoms with Crippen molar-refractivity contribution in [3.8, 4) is 0 Å². The first-order valence-corrected chi connectivity index (χ1v) is 9.05. The topological polar surface area (TPSA) is 44.4 Å². The number of carbonyl (C=O) groups excluding carboxylic acids is 1. The van der Waals surface area contributed by atoms with Gasteiger partial charge in [-0.2, -0.15) is 0 Å². The van der Waals surface area contributed by atoms with Crippen LogP contribution >= 0.6 is 0 Å². The second-order valence-electron chi connectivity index (χ2n) is 6.33. The van der Waals surface area contributed by atoms with Crippen LogP contribution in [0.5, 0.6) is 0 Å². The Morgan fingerprint density at radius 3 is 2.28 bits per heavy atom. The third-order valence-corrected chi connectivity index (χ3v) is 4.17. The van der Waals surface area contributed by atoms with Crippen LogP contribution in [-0.2, 0) is 0 Å². The largest absolute Gasteiger partial charge is 0.385 e. The lowest BCUT2D eigenvalue weighted by Crippen LogP contribution is -2.30. The van der Waals surface area contributed by atoms with Gasteiger partial charge in [-0.15, -0.1) is 0 Å². The van der Waals surface area contributed by atoms with Gasteiger partial charge < -0.3 is 15.5 Å². The van der Waals surface area contributed by atoms with Gasteiger partial charge in [-0.25, -0.2) is 0 Å². The van der Waals surface area contributed by atoms with Crippen molar-refractivity contribution in [3.05, 3.63) is 60.2 Å². The van der Waals surface area contributed by atoms with Crippen molar-refractivity contribution in [3.63, 3.8) is 0 Å². The van der Waals surface area contributed by atoms with E-state index in [9.17, 15) is 4.79 Å². The van der Waals surface area contributed by atoms with Gasteiger partial charge in [0.2, 0.25) is 0 Å². The standard InChI is InChI=1S/C21H29N3O/c1-4-24(17(2)3)20-13-11-18(12-14-20)21(25)23-16-8-15-22-19-9-6-5-7-10-19/h5-7,9-14,17,22H,4,8,15-16H2,1-3H3,(H,23,25). The summed E-state index contributed by atoms with van der Waals surface area (Å²) in [5, 5.41) is 6.32. The first kappa shape index (κ1) is 18.8. The molecule has 4 nitrogen and oxygen atoms in total. The molecule has 2 aromatic rings. The Morgan fingerprint density at radius 2 is 1.68 bits per heavy atom. The molecule has 25 heavy (non-hydrogen) atoms. The number of hydrogen-bond acceptors (Lipinski definition) is 3. The Labute approximate surface area is 151 Å². The van der Waals surface area contributed by atoms with Crippen LogP contribution in [-0.4, -0.2) is 31.6 Å². The van der Waals surface area contributed by atoms with Crippen molar-refractivity contribution >= 4 is 17.3 Å². The maximum atomic E-state index is 12.2. The Morgan fingerprint density at radius 1 is 1.00 bits per heavy atom. The number of nitrogens with one attached hydrogen (secondary N) is 2. The summed E-state index contributed by atoms with van der Waals surface area (Å²) >= 11 is 0. The normalized spacial score (nSPS) is 10.6. The smallest absolute Gasteiger partial charge is 0.251 e. The zero-order valence-electron chi connectivity index (χ0n) is 15.5. The second kappa shape index (κ2) is 9.72. The Kier molecular flexibility index (Phi) is 7.33. The lowest BCUT2D eigenvalue weighted by molar-refractivity contribution is 0.0953. The summed E-state index contributed by atoms with van der Waals surface area (Å²) in [5.74, 6) is -0.0149. The molecule has 2 rings (SSSR count). The summed E-state index contributed by atoms with van der Waals surface area (Å²) in [5.41, 5.74) is 2.97. The molecule has 0 spiro atoms. The zero-order chi connectivity index (χ0) is 18.1. The molecule has 4 heteroatoms. The average Bonchev–Trinajstić information content (AvgIpc) is 2.63. The van der Waals surface area contributed by atoms with Gasteiger partial charge in [0.1, 0.15) is 0 Å². The highest BCUT2D eigenvalue weighted by molar-refractivity contribution is 5.94. The molecule has 0 aliphatic rings. The summed E-state index contributed by atoms with van der Waals surface area (Å²) in [4.78, 5) is 14.5. The number of nitrogens with zero attached hydrogens (tertiary/aromatic N) is 1. The number of benzene rings is 2. The maximum absolute atomic E-state index is 12.2. The SMILES string of the molecule is CCN(c1ccc(C(=O)NCCCNc2ccccc2)cc1)C(C)C. The molecular weight excluding hydrogens is 310 g/mol. The molecule has 0 heterocycles. The molecule has 0 saturated carbocycles. The minimum absolute atomic E-state index is 0.0149. The van der Waals surface area contributed by atoms with Crippen molar-refractivity contribution in [2.24, 2.45) is 0 Å². The summed E-state index contributed by atoms with van der Waals surface area (Å²) in [6, 6.07) is 18.4. The minimum atomic E-state index is -0.0149. The van der Waals surface area contributed by atoms with E-state index in [4.69, 9.17) is 0 Å². The number of carbonyl (C=O) groups is 1. The molecule has 0 unspecified atom stereocenters. The first-order valence-electron chi connectivity index (χ1n) is 9.05. The van der Waals surface area contributed by atoms with Gasteiger partial charge in [0.25, 0.3) is 5.91 Å². The van der Waals surface area contributed by atoms with Crippen molar-refractivity contribution in [2.75, 3.05) is 29.9 Å². The van der Waals surface area contributed by atoms with Gasteiger partial charge in [0.15, 0.2) is 0 Å². The minimum Gasteiger partial charge on any atom is -0.385 e. The third-order valence-electron chi connectivity index (χ3n) is 4.17. The summed E-state index contributed by atoms with van der Waals surface area (Å²) in [6.45, 7) is 8.94. The maximum Gasteiger partial charge on any atom is 0.251 e. The summed E-state index contributed by atoms with van der Waals surface area (Å²) < 4.78 is 0. The molecule has 0 aliphatic heterocycles. The highest BCUT2D eigenvalue weighted by Gasteiger charge is 2.10. The van der Waals surface area contributed by atoms with Gasteiger partial charge in [-0.1, -0.05) is 18.2 Å². The molecule has 0 bridgehead atoms. The lowest BCUT2D eigenvalue weighted by Gasteiger charge is -2.27. The molecule has 0 aliphatic carbocycles. The fourth-order valence-electron chi connectivity index (χ4n) is 2.83. The number of amides is 1. The van der Waals surface area contributed by atoms with Gasteiger partial charge in [-0.3, -0.25) is 4.79 Å². The number of para-hydroxylation sites is 1. The molecule has 134 valence electrons. The van der Waals surface area contributed by atoms with E-state index < -0.39 is 0 Å². The molecular formula is C21H29N3O. The van der Waals surface area contributed by atoms with Crippen LogP contribution in [0.4, 0.5) is 11.4 Å². The van der Waals surface area contributed by atoms with Crippen LogP contribution < -0.4 is 15.5 Å². The van der Waals surface area contributed by atoms with Crippen LogP contribution in [0.2, 0.25) is 0 Å². The molecule has 0 radical (unpaired) electrons. The highest BCUT2D eigenvalue weighted by Crippen LogP contribution is 2.17. The van der Waals surface area contributed by atoms with Gasteiger partial charge in [0, 0.05) is 42.6 Å². The second-order valence-corrected chi connectivity index (χ2v) is 6.33. The Balaban J connectivity index is 1.75. The fourth-order valence-corrected chi connectivity index (χ4v) is 2.83. The van der Waals surface area contributed by atoms with E-state index in [1.165, 1.54) is 0 Å². The van der Waals surface area contributed by atoms with E-state index in [1.807, 2.05) is 54.6 Å². The average molecular weight is 339 g/mol. The van der Waals surface area contributed by atoms with E-state index in [0.717, 1.165) is 30.9 Å². The number of hydrogen-bond donors (Lipinski definition) is 2. The predicted octanol–water partition coefficient (Wildman–Crippen LogP) is 4.15.